The highest BCUT2D eigenvalue weighted by Gasteiger charge is 2.20. The second-order valence-corrected chi connectivity index (χ2v) is 7.84. The molecule has 0 aliphatic heterocycles. The predicted molar refractivity (Wildman–Crippen MR) is 95.9 cm³/mol. The molecule has 2 atom stereocenters. The molecule has 2 rings (SSSR count). The number of hydrogen-bond acceptors (Lipinski definition) is 3. The van der Waals surface area contributed by atoms with E-state index >= 15 is 0 Å². The van der Waals surface area contributed by atoms with E-state index in [1.807, 2.05) is 0 Å². The number of carbonyl (C=O) groups is 1. The zero-order valence-corrected chi connectivity index (χ0v) is 15.1. The topological polar surface area (TPSA) is 50.4 Å². The van der Waals surface area contributed by atoms with Crippen LogP contribution in [0.1, 0.15) is 53.4 Å². The van der Waals surface area contributed by atoms with E-state index in [4.69, 9.17) is 4.74 Å². The van der Waals surface area contributed by atoms with E-state index in [2.05, 4.69) is 17.6 Å². The summed E-state index contributed by atoms with van der Waals surface area (Å²) in [6.07, 6.45) is 4.39. The van der Waals surface area contributed by atoms with Gasteiger partial charge in [0.1, 0.15) is 11.4 Å². The first kappa shape index (κ1) is 18.6. The lowest BCUT2D eigenvalue weighted by molar-refractivity contribution is 0.0636. The van der Waals surface area contributed by atoms with Gasteiger partial charge < -0.3 is 10.1 Å². The van der Waals surface area contributed by atoms with Gasteiger partial charge >= 0.3 is 6.09 Å². The number of amides is 1. The average Bonchev–Trinajstić information content (AvgIpc) is 2.45. The van der Waals surface area contributed by atoms with Crippen LogP contribution in [0.4, 0.5) is 20.6 Å². The summed E-state index contributed by atoms with van der Waals surface area (Å²) in [6.45, 7) is 8.49. The third-order valence-electron chi connectivity index (χ3n) is 4.24. The molecule has 0 saturated heterocycles. The summed E-state index contributed by atoms with van der Waals surface area (Å²) in [5, 5.41) is 6.00. The van der Waals surface area contributed by atoms with Gasteiger partial charge in [-0.25, -0.2) is 9.18 Å². The van der Waals surface area contributed by atoms with Crippen LogP contribution in [0.3, 0.4) is 0 Å². The number of nitrogens with one attached hydrogen (secondary N) is 2. The van der Waals surface area contributed by atoms with Crippen molar-refractivity contribution < 1.29 is 13.9 Å². The highest BCUT2D eigenvalue weighted by Crippen LogP contribution is 2.30. The van der Waals surface area contributed by atoms with Gasteiger partial charge in [0.15, 0.2) is 0 Å². The molecule has 0 bridgehead atoms. The molecule has 1 saturated carbocycles. The van der Waals surface area contributed by atoms with Crippen LogP contribution < -0.4 is 10.6 Å². The maximum Gasteiger partial charge on any atom is 0.412 e. The summed E-state index contributed by atoms with van der Waals surface area (Å²) in [4.78, 5) is 12.0. The number of halogens is 1. The van der Waals surface area contributed by atoms with E-state index in [0.29, 0.717) is 17.3 Å². The number of benzene rings is 1. The monoisotopic (exact) mass is 336 g/mol. The van der Waals surface area contributed by atoms with Gasteiger partial charge in [-0.1, -0.05) is 19.8 Å². The van der Waals surface area contributed by atoms with E-state index in [1.54, 1.807) is 26.8 Å². The molecule has 2 N–H and O–H groups in total. The van der Waals surface area contributed by atoms with Crippen LogP contribution in [0.2, 0.25) is 0 Å². The fourth-order valence-corrected chi connectivity index (χ4v) is 3.18. The Labute approximate surface area is 144 Å². The van der Waals surface area contributed by atoms with Crippen LogP contribution in [0, 0.1) is 17.7 Å². The normalized spacial score (nSPS) is 21.2. The highest BCUT2D eigenvalue weighted by molar-refractivity contribution is 5.89. The lowest BCUT2D eigenvalue weighted by Gasteiger charge is -2.27. The Bertz CT molecular complexity index is 569. The SMILES string of the molecule is CC1CCCC(CNc2cc(F)ccc2NC(=O)OC(C)(C)C)C1. The average molecular weight is 336 g/mol. The van der Waals surface area contributed by atoms with Gasteiger partial charge in [0.25, 0.3) is 0 Å². The van der Waals surface area contributed by atoms with Gasteiger partial charge in [0.2, 0.25) is 0 Å². The minimum atomic E-state index is -0.573. The number of hydrogen-bond donors (Lipinski definition) is 2. The molecule has 0 radical (unpaired) electrons. The van der Waals surface area contributed by atoms with E-state index in [-0.39, 0.29) is 5.82 Å². The van der Waals surface area contributed by atoms with Gasteiger partial charge in [-0.3, -0.25) is 5.32 Å². The number of ether oxygens (including phenoxy) is 1. The lowest BCUT2D eigenvalue weighted by Crippen LogP contribution is -2.27. The molecule has 1 amide bonds. The molecule has 0 heterocycles. The standard InChI is InChI=1S/C19H29FN2O2/c1-13-6-5-7-14(10-13)12-21-17-11-15(20)8-9-16(17)22-18(23)24-19(2,3)4/h8-9,11,13-14,21H,5-7,10,12H2,1-4H3,(H,22,23). The first-order valence-electron chi connectivity index (χ1n) is 8.76. The Morgan fingerprint density at radius 1 is 1.29 bits per heavy atom. The largest absolute Gasteiger partial charge is 0.444 e. The van der Waals surface area contributed by atoms with E-state index < -0.39 is 11.7 Å². The molecule has 24 heavy (non-hydrogen) atoms. The van der Waals surface area contributed by atoms with Crippen molar-refractivity contribution in [2.75, 3.05) is 17.2 Å². The lowest BCUT2D eigenvalue weighted by atomic mass is 9.82. The summed E-state index contributed by atoms with van der Waals surface area (Å²) in [5.41, 5.74) is 0.559. The van der Waals surface area contributed by atoms with Crippen molar-refractivity contribution in [3.63, 3.8) is 0 Å². The van der Waals surface area contributed by atoms with Crippen molar-refractivity contribution in [3.8, 4) is 0 Å². The smallest absolute Gasteiger partial charge is 0.412 e. The van der Waals surface area contributed by atoms with Crippen molar-refractivity contribution in [2.45, 2.75) is 59.0 Å². The highest BCUT2D eigenvalue weighted by atomic mass is 19.1. The van der Waals surface area contributed by atoms with Crippen LogP contribution in [-0.4, -0.2) is 18.2 Å². The van der Waals surface area contributed by atoms with Crippen LogP contribution in [0.25, 0.3) is 0 Å². The maximum absolute atomic E-state index is 13.6. The first-order valence-corrected chi connectivity index (χ1v) is 8.76. The Morgan fingerprint density at radius 2 is 2.04 bits per heavy atom. The van der Waals surface area contributed by atoms with Crippen LogP contribution >= 0.6 is 0 Å². The second-order valence-electron chi connectivity index (χ2n) is 7.84. The summed E-state index contributed by atoms with van der Waals surface area (Å²) in [5.74, 6) is 1.01. The molecule has 134 valence electrons. The molecule has 1 aliphatic carbocycles. The van der Waals surface area contributed by atoms with Gasteiger partial charge in [-0.15, -0.1) is 0 Å². The quantitative estimate of drug-likeness (QED) is 0.773. The van der Waals surface area contributed by atoms with Crippen LogP contribution in [0.5, 0.6) is 0 Å². The molecule has 1 aromatic carbocycles. The van der Waals surface area contributed by atoms with Crippen molar-refractivity contribution in [2.24, 2.45) is 11.8 Å². The molecule has 5 heteroatoms. The fraction of sp³-hybridized carbons (Fsp3) is 0.632. The first-order chi connectivity index (χ1) is 11.2. The molecule has 1 aliphatic rings. The second kappa shape index (κ2) is 7.86. The van der Waals surface area contributed by atoms with Gasteiger partial charge in [-0.05, 0) is 63.6 Å². The van der Waals surface area contributed by atoms with Crippen LogP contribution in [0.15, 0.2) is 18.2 Å². The molecule has 1 fully saturated rings. The van der Waals surface area contributed by atoms with Gasteiger partial charge in [0, 0.05) is 6.54 Å². The van der Waals surface area contributed by atoms with Crippen molar-refractivity contribution in [1.82, 2.24) is 0 Å². The van der Waals surface area contributed by atoms with E-state index in [0.717, 1.165) is 12.5 Å². The number of anilines is 2. The molecular weight excluding hydrogens is 307 g/mol. The Balaban J connectivity index is 2.00. The molecule has 0 aromatic heterocycles. The van der Waals surface area contributed by atoms with Gasteiger partial charge in [-0.2, -0.15) is 0 Å². The Hall–Kier alpha value is -1.78. The predicted octanol–water partition coefficient (Wildman–Crippen LogP) is 5.41. The third-order valence-corrected chi connectivity index (χ3v) is 4.24. The molecule has 4 nitrogen and oxygen atoms in total. The Kier molecular flexibility index (Phi) is 6.08. The molecule has 2 unspecified atom stereocenters. The van der Waals surface area contributed by atoms with E-state index in [1.165, 1.54) is 37.8 Å². The van der Waals surface area contributed by atoms with Gasteiger partial charge in [0.05, 0.1) is 11.4 Å². The summed E-state index contributed by atoms with van der Waals surface area (Å²) in [7, 11) is 0. The molecular formula is C19H29FN2O2. The maximum atomic E-state index is 13.6. The van der Waals surface area contributed by atoms with Crippen LogP contribution in [-0.2, 0) is 4.74 Å². The van der Waals surface area contributed by atoms with Crippen molar-refractivity contribution >= 4 is 17.5 Å². The van der Waals surface area contributed by atoms with Crippen molar-refractivity contribution in [3.05, 3.63) is 24.0 Å². The molecule has 1 aromatic rings. The zero-order valence-electron chi connectivity index (χ0n) is 15.1. The number of rotatable bonds is 4. The minimum Gasteiger partial charge on any atom is -0.444 e. The Morgan fingerprint density at radius 3 is 2.71 bits per heavy atom. The van der Waals surface area contributed by atoms with E-state index in [9.17, 15) is 9.18 Å². The summed E-state index contributed by atoms with van der Waals surface area (Å²) in [6, 6.07) is 4.31. The number of carbonyl (C=O) groups excluding carboxylic acids is 1. The summed E-state index contributed by atoms with van der Waals surface area (Å²) < 4.78 is 18.9. The fourth-order valence-electron chi connectivity index (χ4n) is 3.18. The van der Waals surface area contributed by atoms with Crippen molar-refractivity contribution in [1.29, 1.82) is 0 Å². The summed E-state index contributed by atoms with van der Waals surface area (Å²) >= 11 is 0. The molecule has 0 spiro atoms. The third kappa shape index (κ3) is 6.02. The minimum absolute atomic E-state index is 0.329. The zero-order chi connectivity index (χ0) is 17.7.